The Morgan fingerprint density at radius 1 is 0.926 bits per heavy atom. The monoisotopic (exact) mass is 386 g/mol. The predicted octanol–water partition coefficient (Wildman–Crippen LogP) is 5.85. The molecule has 4 nitrogen and oxygen atoms in total. The summed E-state index contributed by atoms with van der Waals surface area (Å²) in [5.41, 5.74) is 4.75. The summed E-state index contributed by atoms with van der Waals surface area (Å²) in [6, 6.07) is 14.1. The SMILES string of the molecule is Cc1nc(-c2cccnc2)sc1-c1cc2sccc2c(-c2ccccn2)n1. The summed E-state index contributed by atoms with van der Waals surface area (Å²) < 4.78 is 1.20. The van der Waals surface area contributed by atoms with Crippen molar-refractivity contribution in [2.24, 2.45) is 0 Å². The fourth-order valence-corrected chi connectivity index (χ4v) is 4.87. The van der Waals surface area contributed by atoms with E-state index in [0.717, 1.165) is 43.6 Å². The highest BCUT2D eigenvalue weighted by atomic mass is 32.1. The largest absolute Gasteiger partial charge is 0.264 e. The van der Waals surface area contributed by atoms with Gasteiger partial charge in [0.05, 0.1) is 27.7 Å². The first-order valence-electron chi connectivity index (χ1n) is 8.47. The van der Waals surface area contributed by atoms with Gasteiger partial charge in [-0.2, -0.15) is 0 Å². The Labute approximate surface area is 164 Å². The van der Waals surface area contributed by atoms with Crippen LogP contribution in [0.15, 0.2) is 66.4 Å². The number of thiazole rings is 1. The van der Waals surface area contributed by atoms with Crippen molar-refractivity contribution in [2.75, 3.05) is 0 Å². The number of rotatable bonds is 3. The van der Waals surface area contributed by atoms with Crippen LogP contribution in [0.1, 0.15) is 5.69 Å². The summed E-state index contributed by atoms with van der Waals surface area (Å²) in [6.07, 6.45) is 5.42. The van der Waals surface area contributed by atoms with Crippen LogP contribution in [0.2, 0.25) is 0 Å². The van der Waals surface area contributed by atoms with Gasteiger partial charge in [-0.1, -0.05) is 6.07 Å². The molecule has 0 spiro atoms. The molecule has 0 atom stereocenters. The minimum atomic E-state index is 0.886. The number of hydrogen-bond donors (Lipinski definition) is 0. The van der Waals surface area contributed by atoms with Gasteiger partial charge in [0, 0.05) is 34.2 Å². The van der Waals surface area contributed by atoms with E-state index in [1.165, 1.54) is 4.70 Å². The van der Waals surface area contributed by atoms with Gasteiger partial charge >= 0.3 is 0 Å². The lowest BCUT2D eigenvalue weighted by Crippen LogP contribution is -1.91. The first-order chi connectivity index (χ1) is 13.3. The fraction of sp³-hybridized carbons (Fsp3) is 0.0476. The average molecular weight is 387 g/mol. The third-order valence-corrected chi connectivity index (χ3v) is 6.39. The Hall–Kier alpha value is -2.96. The second kappa shape index (κ2) is 6.64. The van der Waals surface area contributed by atoms with Gasteiger partial charge < -0.3 is 0 Å². The average Bonchev–Trinajstić information content (AvgIpc) is 3.35. The molecule has 27 heavy (non-hydrogen) atoms. The van der Waals surface area contributed by atoms with Crippen LogP contribution in [-0.2, 0) is 0 Å². The van der Waals surface area contributed by atoms with E-state index in [9.17, 15) is 0 Å². The molecule has 5 heterocycles. The Balaban J connectivity index is 1.69. The van der Waals surface area contributed by atoms with E-state index < -0.39 is 0 Å². The molecule has 0 aliphatic carbocycles. The first-order valence-corrected chi connectivity index (χ1v) is 10.2. The maximum atomic E-state index is 4.98. The molecule has 0 amide bonds. The minimum absolute atomic E-state index is 0.886. The number of aromatic nitrogens is 4. The second-order valence-electron chi connectivity index (χ2n) is 6.08. The lowest BCUT2D eigenvalue weighted by molar-refractivity contribution is 1.23. The van der Waals surface area contributed by atoms with E-state index in [-0.39, 0.29) is 0 Å². The molecule has 0 aliphatic rings. The number of pyridine rings is 3. The van der Waals surface area contributed by atoms with Gasteiger partial charge in [-0.15, -0.1) is 22.7 Å². The fourth-order valence-electron chi connectivity index (χ4n) is 3.03. The second-order valence-corrected chi connectivity index (χ2v) is 8.03. The number of aryl methyl sites for hydroxylation is 1. The topological polar surface area (TPSA) is 51.6 Å². The van der Waals surface area contributed by atoms with Gasteiger partial charge in [-0.25, -0.2) is 9.97 Å². The molecule has 5 aromatic heterocycles. The molecule has 0 bridgehead atoms. The summed E-state index contributed by atoms with van der Waals surface area (Å²) in [4.78, 5) is 19.5. The molecule has 0 N–H and O–H groups in total. The third-order valence-electron chi connectivity index (χ3n) is 4.30. The number of fused-ring (bicyclic) bond motifs is 1. The molecular formula is C21H14N4S2. The van der Waals surface area contributed by atoms with Crippen LogP contribution in [0, 0.1) is 6.92 Å². The van der Waals surface area contributed by atoms with Gasteiger partial charge in [-0.3, -0.25) is 9.97 Å². The summed E-state index contributed by atoms with van der Waals surface area (Å²) in [6.45, 7) is 2.03. The molecule has 5 rings (SSSR count). The third kappa shape index (κ3) is 2.93. The Morgan fingerprint density at radius 3 is 2.70 bits per heavy atom. The van der Waals surface area contributed by atoms with Gasteiger partial charge in [0.25, 0.3) is 0 Å². The van der Waals surface area contributed by atoms with Gasteiger partial charge in [0.2, 0.25) is 0 Å². The number of nitrogens with zero attached hydrogens (tertiary/aromatic N) is 4. The van der Waals surface area contributed by atoms with Gasteiger partial charge in [0.1, 0.15) is 5.01 Å². The van der Waals surface area contributed by atoms with Crippen LogP contribution in [0.3, 0.4) is 0 Å². The minimum Gasteiger partial charge on any atom is -0.264 e. The van der Waals surface area contributed by atoms with Gasteiger partial charge in [-0.05, 0) is 48.7 Å². The Morgan fingerprint density at radius 2 is 1.89 bits per heavy atom. The van der Waals surface area contributed by atoms with E-state index in [2.05, 4.69) is 27.5 Å². The van der Waals surface area contributed by atoms with Crippen LogP contribution >= 0.6 is 22.7 Å². The predicted molar refractivity (Wildman–Crippen MR) is 112 cm³/mol. The Bertz CT molecular complexity index is 1230. The highest BCUT2D eigenvalue weighted by molar-refractivity contribution is 7.19. The van der Waals surface area contributed by atoms with E-state index in [0.29, 0.717) is 0 Å². The molecule has 0 saturated carbocycles. The highest BCUT2D eigenvalue weighted by Crippen LogP contribution is 2.38. The van der Waals surface area contributed by atoms with Crippen molar-refractivity contribution >= 4 is 32.8 Å². The van der Waals surface area contributed by atoms with Gasteiger partial charge in [0.15, 0.2) is 0 Å². The molecule has 130 valence electrons. The smallest absolute Gasteiger partial charge is 0.125 e. The summed E-state index contributed by atoms with van der Waals surface area (Å²) in [5.74, 6) is 0. The van der Waals surface area contributed by atoms with E-state index in [1.807, 2.05) is 43.5 Å². The standard InChI is InChI=1S/C21H14N4S2/c1-13-20(27-21(24-13)14-5-4-8-22-12-14)17-11-18-15(7-10-26-18)19(25-17)16-6-2-3-9-23-16/h2-12H,1H3. The van der Waals surface area contributed by atoms with Crippen molar-refractivity contribution in [1.82, 2.24) is 19.9 Å². The van der Waals surface area contributed by atoms with Crippen molar-refractivity contribution in [3.05, 3.63) is 72.1 Å². The zero-order valence-corrected chi connectivity index (χ0v) is 16.1. The molecule has 0 saturated heterocycles. The molecule has 0 unspecified atom stereocenters. The summed E-state index contributed by atoms with van der Waals surface area (Å²) in [7, 11) is 0. The first kappa shape index (κ1) is 16.2. The maximum Gasteiger partial charge on any atom is 0.125 e. The maximum absolute atomic E-state index is 4.98. The van der Waals surface area contributed by atoms with Crippen LogP contribution in [0.4, 0.5) is 0 Å². The lowest BCUT2D eigenvalue weighted by atomic mass is 10.1. The molecule has 0 radical (unpaired) electrons. The van der Waals surface area contributed by atoms with E-state index in [1.54, 1.807) is 35.1 Å². The van der Waals surface area contributed by atoms with Crippen LogP contribution in [0.5, 0.6) is 0 Å². The van der Waals surface area contributed by atoms with Crippen LogP contribution in [0.25, 0.3) is 42.6 Å². The van der Waals surface area contributed by atoms with Crippen molar-refractivity contribution < 1.29 is 0 Å². The number of hydrogen-bond acceptors (Lipinski definition) is 6. The molecule has 0 aromatic carbocycles. The molecule has 0 fully saturated rings. The van der Waals surface area contributed by atoms with E-state index >= 15 is 0 Å². The lowest BCUT2D eigenvalue weighted by Gasteiger charge is -2.06. The Kier molecular flexibility index (Phi) is 3.99. The summed E-state index contributed by atoms with van der Waals surface area (Å²) >= 11 is 3.37. The molecule has 5 aromatic rings. The zero-order chi connectivity index (χ0) is 18.2. The summed E-state index contributed by atoms with van der Waals surface area (Å²) in [5, 5.41) is 4.20. The number of thiophene rings is 1. The normalized spacial score (nSPS) is 11.1. The molecule has 6 heteroatoms. The van der Waals surface area contributed by atoms with Crippen LogP contribution < -0.4 is 0 Å². The molecule has 0 aliphatic heterocycles. The van der Waals surface area contributed by atoms with Crippen molar-refractivity contribution in [2.45, 2.75) is 6.92 Å². The molecular weight excluding hydrogens is 372 g/mol. The van der Waals surface area contributed by atoms with E-state index in [4.69, 9.17) is 9.97 Å². The van der Waals surface area contributed by atoms with Crippen molar-refractivity contribution in [1.29, 1.82) is 0 Å². The van der Waals surface area contributed by atoms with Crippen molar-refractivity contribution in [3.63, 3.8) is 0 Å². The quantitative estimate of drug-likeness (QED) is 0.390. The van der Waals surface area contributed by atoms with Crippen LogP contribution in [-0.4, -0.2) is 19.9 Å². The zero-order valence-electron chi connectivity index (χ0n) is 14.5. The highest BCUT2D eigenvalue weighted by Gasteiger charge is 2.16. The van der Waals surface area contributed by atoms with Crippen molar-refractivity contribution in [3.8, 4) is 32.5 Å².